The van der Waals surface area contributed by atoms with E-state index in [1.807, 2.05) is 0 Å². The maximum atomic E-state index is 12.2. The van der Waals surface area contributed by atoms with Gasteiger partial charge in [0.2, 0.25) is 0 Å². The van der Waals surface area contributed by atoms with E-state index in [1.54, 1.807) is 0 Å². The fraction of sp³-hybridized carbons (Fsp3) is 0.429. The molecule has 6 heteroatoms. The maximum Gasteiger partial charge on any atom is 0.293 e. The molecule has 1 unspecified atom stereocenters. The van der Waals surface area contributed by atoms with Gasteiger partial charge in [-0.15, -0.1) is 0 Å². The zero-order chi connectivity index (χ0) is 9.68. The zero-order valence-electron chi connectivity index (χ0n) is 6.61. The van der Waals surface area contributed by atoms with E-state index >= 15 is 0 Å². The minimum Gasteiger partial charge on any atom is -0.458 e. The molecule has 0 aliphatic carbocycles. The number of carbonyl (C=O) groups is 1. The lowest BCUT2D eigenvalue weighted by molar-refractivity contribution is -0.141. The number of rotatable bonds is 5. The summed E-state index contributed by atoms with van der Waals surface area (Å²) in [5.41, 5.74) is 0. The van der Waals surface area contributed by atoms with Crippen molar-refractivity contribution in [2.75, 3.05) is 0 Å². The van der Waals surface area contributed by atoms with Gasteiger partial charge in [0.05, 0.1) is 0 Å². The third kappa shape index (κ3) is 2.81. The van der Waals surface area contributed by atoms with E-state index in [1.165, 1.54) is 12.4 Å². The van der Waals surface area contributed by atoms with Crippen LogP contribution in [0, 0.1) is 0 Å². The SMILES string of the molecule is O=COC(Cc1ncc[nH]1)C(F)F. The number of H-pyrrole nitrogens is 1. The average Bonchev–Trinajstić information content (AvgIpc) is 2.56. The molecule has 1 atom stereocenters. The van der Waals surface area contributed by atoms with Gasteiger partial charge in [-0.05, 0) is 0 Å². The Kier molecular flexibility index (Phi) is 3.36. The molecule has 0 amide bonds. The van der Waals surface area contributed by atoms with E-state index in [0.29, 0.717) is 5.82 Å². The van der Waals surface area contributed by atoms with Crippen LogP contribution in [-0.2, 0) is 16.0 Å². The number of alkyl halides is 2. The van der Waals surface area contributed by atoms with Crippen LogP contribution >= 0.6 is 0 Å². The van der Waals surface area contributed by atoms with Crippen molar-refractivity contribution in [1.29, 1.82) is 0 Å². The van der Waals surface area contributed by atoms with Crippen molar-refractivity contribution in [3.05, 3.63) is 18.2 Å². The molecule has 0 fully saturated rings. The molecule has 0 spiro atoms. The van der Waals surface area contributed by atoms with Crippen LogP contribution < -0.4 is 0 Å². The molecular weight excluding hydrogens is 182 g/mol. The number of nitrogens with zero attached hydrogens (tertiary/aromatic N) is 1. The number of aromatic nitrogens is 2. The number of aromatic amines is 1. The van der Waals surface area contributed by atoms with Gasteiger partial charge in [-0.1, -0.05) is 0 Å². The predicted octanol–water partition coefficient (Wildman–Crippen LogP) is 0.759. The van der Waals surface area contributed by atoms with E-state index in [0.717, 1.165) is 0 Å². The van der Waals surface area contributed by atoms with Crippen LogP contribution in [0.4, 0.5) is 8.78 Å². The second kappa shape index (κ2) is 4.54. The van der Waals surface area contributed by atoms with Crippen molar-refractivity contribution in [3.63, 3.8) is 0 Å². The van der Waals surface area contributed by atoms with Gasteiger partial charge in [0.1, 0.15) is 5.82 Å². The molecular formula is C7H8F2N2O2. The molecule has 1 heterocycles. The van der Waals surface area contributed by atoms with Gasteiger partial charge in [0, 0.05) is 18.8 Å². The highest BCUT2D eigenvalue weighted by atomic mass is 19.3. The van der Waals surface area contributed by atoms with Crippen LogP contribution in [-0.4, -0.2) is 29.0 Å². The lowest BCUT2D eigenvalue weighted by Gasteiger charge is -2.11. The molecule has 0 aromatic carbocycles. The number of hydrogen-bond acceptors (Lipinski definition) is 3. The largest absolute Gasteiger partial charge is 0.458 e. The van der Waals surface area contributed by atoms with Crippen molar-refractivity contribution >= 4 is 6.47 Å². The van der Waals surface area contributed by atoms with Crippen molar-refractivity contribution < 1.29 is 18.3 Å². The zero-order valence-corrected chi connectivity index (χ0v) is 6.61. The Morgan fingerprint density at radius 2 is 2.46 bits per heavy atom. The van der Waals surface area contributed by atoms with E-state index in [2.05, 4.69) is 14.7 Å². The lowest BCUT2D eigenvalue weighted by Crippen LogP contribution is -2.24. The van der Waals surface area contributed by atoms with Crippen LogP contribution in [0.5, 0.6) is 0 Å². The molecule has 1 N–H and O–H groups in total. The van der Waals surface area contributed by atoms with E-state index in [-0.39, 0.29) is 12.9 Å². The summed E-state index contributed by atoms with van der Waals surface area (Å²) in [6, 6.07) is 0. The smallest absolute Gasteiger partial charge is 0.293 e. The molecule has 0 saturated carbocycles. The Bertz CT molecular complexity index is 251. The molecule has 0 aliphatic heterocycles. The molecule has 0 radical (unpaired) electrons. The predicted molar refractivity (Wildman–Crippen MR) is 39.2 cm³/mol. The monoisotopic (exact) mass is 190 g/mol. The van der Waals surface area contributed by atoms with Crippen molar-refractivity contribution in [1.82, 2.24) is 9.97 Å². The summed E-state index contributed by atoms with van der Waals surface area (Å²) in [6.07, 6.45) is -1.28. The van der Waals surface area contributed by atoms with Crippen LogP contribution in [0.2, 0.25) is 0 Å². The summed E-state index contributed by atoms with van der Waals surface area (Å²) < 4.78 is 28.5. The summed E-state index contributed by atoms with van der Waals surface area (Å²) in [7, 11) is 0. The Hall–Kier alpha value is -1.46. The average molecular weight is 190 g/mol. The van der Waals surface area contributed by atoms with E-state index in [9.17, 15) is 13.6 Å². The topological polar surface area (TPSA) is 55.0 Å². The molecule has 13 heavy (non-hydrogen) atoms. The van der Waals surface area contributed by atoms with Gasteiger partial charge >= 0.3 is 0 Å². The van der Waals surface area contributed by atoms with Gasteiger partial charge in [-0.2, -0.15) is 0 Å². The quantitative estimate of drug-likeness (QED) is 0.697. The number of carbonyl (C=O) groups excluding carboxylic acids is 1. The Balaban J connectivity index is 2.52. The van der Waals surface area contributed by atoms with Crippen molar-refractivity contribution in [2.45, 2.75) is 19.0 Å². The van der Waals surface area contributed by atoms with Crippen molar-refractivity contribution in [3.8, 4) is 0 Å². The number of halogens is 2. The summed E-state index contributed by atoms with van der Waals surface area (Å²) in [4.78, 5) is 16.2. The number of ether oxygens (including phenoxy) is 1. The molecule has 0 aliphatic rings. The van der Waals surface area contributed by atoms with Crippen LogP contribution in [0.25, 0.3) is 0 Å². The molecule has 4 nitrogen and oxygen atoms in total. The van der Waals surface area contributed by atoms with E-state index in [4.69, 9.17) is 0 Å². The fourth-order valence-electron chi connectivity index (χ4n) is 0.868. The molecule has 0 bridgehead atoms. The molecule has 72 valence electrons. The van der Waals surface area contributed by atoms with Gasteiger partial charge < -0.3 is 9.72 Å². The normalized spacial score (nSPS) is 12.8. The first-order chi connectivity index (χ1) is 6.24. The Morgan fingerprint density at radius 1 is 1.69 bits per heavy atom. The van der Waals surface area contributed by atoms with Crippen LogP contribution in [0.15, 0.2) is 12.4 Å². The molecule has 1 rings (SSSR count). The highest BCUT2D eigenvalue weighted by Crippen LogP contribution is 2.09. The summed E-state index contributed by atoms with van der Waals surface area (Å²) in [6.45, 7) is 0.0137. The third-order valence-electron chi connectivity index (χ3n) is 1.46. The van der Waals surface area contributed by atoms with E-state index < -0.39 is 12.5 Å². The first-order valence-corrected chi connectivity index (χ1v) is 3.59. The maximum absolute atomic E-state index is 12.2. The second-order valence-electron chi connectivity index (χ2n) is 2.35. The van der Waals surface area contributed by atoms with Crippen molar-refractivity contribution in [2.24, 2.45) is 0 Å². The highest BCUT2D eigenvalue weighted by Gasteiger charge is 2.22. The molecule has 0 saturated heterocycles. The van der Waals surface area contributed by atoms with Gasteiger partial charge in [-0.3, -0.25) is 4.79 Å². The standard InChI is InChI=1S/C7H8F2N2O2/c8-7(9)5(13-4-12)3-6-10-1-2-11-6/h1-2,4-5,7H,3H2,(H,10,11). The van der Waals surface area contributed by atoms with Gasteiger partial charge in [0.15, 0.2) is 6.10 Å². The second-order valence-corrected chi connectivity index (χ2v) is 2.35. The number of imidazole rings is 1. The summed E-state index contributed by atoms with van der Waals surface area (Å²) in [5, 5.41) is 0. The summed E-state index contributed by atoms with van der Waals surface area (Å²) in [5.74, 6) is 0.368. The van der Waals surface area contributed by atoms with Gasteiger partial charge in [-0.25, -0.2) is 13.8 Å². The fourth-order valence-corrected chi connectivity index (χ4v) is 0.868. The highest BCUT2D eigenvalue weighted by molar-refractivity contribution is 5.37. The minimum atomic E-state index is -2.70. The number of hydrogen-bond donors (Lipinski definition) is 1. The Labute approximate surface area is 72.9 Å². The minimum absolute atomic E-state index is 0.0137. The summed E-state index contributed by atoms with van der Waals surface area (Å²) >= 11 is 0. The lowest BCUT2D eigenvalue weighted by atomic mass is 10.2. The first kappa shape index (κ1) is 9.63. The molecule has 1 aromatic rings. The number of nitrogens with one attached hydrogen (secondary N) is 1. The Morgan fingerprint density at radius 3 is 2.92 bits per heavy atom. The molecule has 1 aromatic heterocycles. The third-order valence-corrected chi connectivity index (χ3v) is 1.46. The first-order valence-electron chi connectivity index (χ1n) is 3.59. The van der Waals surface area contributed by atoms with Crippen LogP contribution in [0.3, 0.4) is 0 Å². The van der Waals surface area contributed by atoms with Gasteiger partial charge in [0.25, 0.3) is 12.9 Å². The van der Waals surface area contributed by atoms with Crippen LogP contribution in [0.1, 0.15) is 5.82 Å².